The zero-order valence-electron chi connectivity index (χ0n) is 12.8. The van der Waals surface area contributed by atoms with Gasteiger partial charge >= 0.3 is 0 Å². The maximum atomic E-state index is 12.2. The number of hydrogen-bond donors (Lipinski definition) is 2. The van der Waals surface area contributed by atoms with Crippen molar-refractivity contribution in [3.63, 3.8) is 0 Å². The van der Waals surface area contributed by atoms with Crippen LogP contribution in [0.4, 0.5) is 5.69 Å². The lowest BCUT2D eigenvalue weighted by Gasteiger charge is -2.09. The molecule has 2 rings (SSSR count). The molecule has 0 saturated carbocycles. The lowest BCUT2D eigenvalue weighted by Crippen LogP contribution is -2.25. The summed E-state index contributed by atoms with van der Waals surface area (Å²) in [5, 5.41) is 3.84. The van der Waals surface area contributed by atoms with Gasteiger partial charge in [0.2, 0.25) is 0 Å². The zero-order chi connectivity index (χ0) is 15.4. The van der Waals surface area contributed by atoms with Crippen molar-refractivity contribution >= 4 is 33.1 Å². The number of aryl methyl sites for hydroxylation is 1. The minimum absolute atomic E-state index is 0.0975. The van der Waals surface area contributed by atoms with E-state index >= 15 is 0 Å². The molecule has 0 aromatic carbocycles. The molecule has 5 nitrogen and oxygen atoms in total. The van der Waals surface area contributed by atoms with Crippen molar-refractivity contribution in [1.82, 2.24) is 15.2 Å². The number of rotatable bonds is 6. The van der Waals surface area contributed by atoms with E-state index in [4.69, 9.17) is 5.73 Å². The van der Waals surface area contributed by atoms with E-state index in [-0.39, 0.29) is 5.91 Å². The van der Waals surface area contributed by atoms with Crippen LogP contribution in [0.5, 0.6) is 0 Å². The summed E-state index contributed by atoms with van der Waals surface area (Å²) in [4.78, 5) is 20.0. The zero-order valence-corrected chi connectivity index (χ0v) is 13.6. The Morgan fingerprint density at radius 3 is 2.86 bits per heavy atom. The molecule has 21 heavy (non-hydrogen) atoms. The van der Waals surface area contributed by atoms with Crippen molar-refractivity contribution in [2.45, 2.75) is 19.8 Å². The second-order valence-electron chi connectivity index (χ2n) is 5.42. The van der Waals surface area contributed by atoms with E-state index in [1.54, 1.807) is 6.20 Å². The van der Waals surface area contributed by atoms with Crippen LogP contribution in [0.15, 0.2) is 12.3 Å². The third-order valence-corrected chi connectivity index (χ3v) is 4.47. The fraction of sp³-hybridized carbons (Fsp3) is 0.467. The van der Waals surface area contributed by atoms with Crippen molar-refractivity contribution < 1.29 is 4.79 Å². The third kappa shape index (κ3) is 3.71. The van der Waals surface area contributed by atoms with Crippen LogP contribution in [0.2, 0.25) is 0 Å². The molecule has 0 radical (unpaired) electrons. The number of nitrogens with zero attached hydrogens (tertiary/aromatic N) is 2. The van der Waals surface area contributed by atoms with Gasteiger partial charge in [-0.2, -0.15) is 0 Å². The van der Waals surface area contributed by atoms with E-state index in [1.165, 1.54) is 11.3 Å². The second-order valence-corrected chi connectivity index (χ2v) is 6.42. The highest BCUT2D eigenvalue weighted by molar-refractivity contribution is 7.21. The highest BCUT2D eigenvalue weighted by Crippen LogP contribution is 2.34. The van der Waals surface area contributed by atoms with Crippen molar-refractivity contribution in [2.24, 2.45) is 0 Å². The van der Waals surface area contributed by atoms with Crippen molar-refractivity contribution in [1.29, 1.82) is 0 Å². The summed E-state index contributed by atoms with van der Waals surface area (Å²) >= 11 is 1.36. The van der Waals surface area contributed by atoms with Gasteiger partial charge in [0.05, 0.1) is 5.69 Å². The minimum atomic E-state index is -0.0975. The number of nitrogens with two attached hydrogens (primary N) is 1. The number of amides is 1. The SMILES string of the molecule is Cc1ccnc2sc(C(=O)NCCCCN(C)C)c(N)c12. The number of pyridine rings is 1. The number of anilines is 1. The highest BCUT2D eigenvalue weighted by atomic mass is 32.1. The molecule has 0 aliphatic rings. The molecule has 0 aliphatic carbocycles. The van der Waals surface area contributed by atoms with E-state index in [9.17, 15) is 4.79 Å². The molecular formula is C15H22N4OS. The Kier molecular flexibility index (Phi) is 5.14. The van der Waals surface area contributed by atoms with Crippen LogP contribution < -0.4 is 11.1 Å². The van der Waals surface area contributed by atoms with Gasteiger partial charge in [0.25, 0.3) is 5.91 Å². The fourth-order valence-corrected chi connectivity index (χ4v) is 3.26. The molecular weight excluding hydrogens is 284 g/mol. The molecule has 114 valence electrons. The monoisotopic (exact) mass is 306 g/mol. The first-order chi connectivity index (χ1) is 10.0. The molecule has 0 bridgehead atoms. The lowest BCUT2D eigenvalue weighted by molar-refractivity contribution is 0.0957. The topological polar surface area (TPSA) is 71.2 Å². The van der Waals surface area contributed by atoms with Crippen molar-refractivity contribution in [3.8, 4) is 0 Å². The summed E-state index contributed by atoms with van der Waals surface area (Å²) in [6, 6.07) is 1.91. The maximum absolute atomic E-state index is 12.2. The molecule has 2 aromatic heterocycles. The predicted octanol–water partition coefficient (Wildman–Crippen LogP) is 2.26. The van der Waals surface area contributed by atoms with Crippen LogP contribution in [0.3, 0.4) is 0 Å². The van der Waals surface area contributed by atoms with Crippen molar-refractivity contribution in [3.05, 3.63) is 22.7 Å². The van der Waals surface area contributed by atoms with Gasteiger partial charge in [-0.3, -0.25) is 4.79 Å². The highest BCUT2D eigenvalue weighted by Gasteiger charge is 2.17. The van der Waals surface area contributed by atoms with Crippen LogP contribution >= 0.6 is 11.3 Å². The summed E-state index contributed by atoms with van der Waals surface area (Å²) in [6.45, 7) is 3.69. The van der Waals surface area contributed by atoms with Crippen LogP contribution in [0, 0.1) is 6.92 Å². The summed E-state index contributed by atoms with van der Waals surface area (Å²) < 4.78 is 0. The predicted molar refractivity (Wildman–Crippen MR) is 88.9 cm³/mol. The summed E-state index contributed by atoms with van der Waals surface area (Å²) in [5.74, 6) is -0.0975. The van der Waals surface area contributed by atoms with Gasteiger partial charge in [-0.25, -0.2) is 4.98 Å². The van der Waals surface area contributed by atoms with E-state index in [0.717, 1.165) is 35.2 Å². The Morgan fingerprint density at radius 2 is 2.19 bits per heavy atom. The number of nitrogen functional groups attached to an aromatic ring is 1. The molecule has 0 atom stereocenters. The minimum Gasteiger partial charge on any atom is -0.397 e. The number of nitrogens with one attached hydrogen (secondary N) is 1. The standard InChI is InChI=1S/C15H22N4OS/c1-10-6-8-18-15-11(10)12(16)13(21-15)14(20)17-7-4-5-9-19(2)3/h6,8H,4-5,7,9,16H2,1-3H3,(H,17,20). The molecule has 0 spiro atoms. The number of carbonyl (C=O) groups excluding carboxylic acids is 1. The van der Waals surface area contributed by atoms with Gasteiger partial charge in [0.15, 0.2) is 0 Å². The van der Waals surface area contributed by atoms with Crippen molar-refractivity contribution in [2.75, 3.05) is 32.9 Å². The molecule has 0 fully saturated rings. The smallest absolute Gasteiger partial charge is 0.263 e. The Bertz CT molecular complexity index is 636. The summed E-state index contributed by atoms with van der Waals surface area (Å²) in [5.41, 5.74) is 7.72. The van der Waals surface area contributed by atoms with Crippen LogP contribution in [0.1, 0.15) is 28.1 Å². The quantitative estimate of drug-likeness (QED) is 0.803. The first kappa shape index (κ1) is 15.7. The van der Waals surface area contributed by atoms with Gasteiger partial charge in [-0.1, -0.05) is 0 Å². The van der Waals surface area contributed by atoms with Crippen LogP contribution in [-0.4, -0.2) is 43.0 Å². The van der Waals surface area contributed by atoms with E-state index in [0.29, 0.717) is 17.1 Å². The van der Waals surface area contributed by atoms with Crippen LogP contribution in [0.25, 0.3) is 10.2 Å². The summed E-state index contributed by atoms with van der Waals surface area (Å²) in [7, 11) is 4.09. The number of hydrogen-bond acceptors (Lipinski definition) is 5. The fourth-order valence-electron chi connectivity index (χ4n) is 2.21. The first-order valence-electron chi connectivity index (χ1n) is 7.07. The Balaban J connectivity index is 2.00. The van der Waals surface area contributed by atoms with Gasteiger partial charge in [0.1, 0.15) is 9.71 Å². The molecule has 0 saturated heterocycles. The van der Waals surface area contributed by atoms with Gasteiger partial charge in [-0.15, -0.1) is 11.3 Å². The average Bonchev–Trinajstić information content (AvgIpc) is 2.76. The molecule has 0 aliphatic heterocycles. The van der Waals surface area contributed by atoms with E-state index < -0.39 is 0 Å². The number of thiophene rings is 1. The largest absolute Gasteiger partial charge is 0.397 e. The lowest BCUT2D eigenvalue weighted by atomic mass is 10.2. The molecule has 1 amide bonds. The normalized spacial score (nSPS) is 11.2. The number of fused-ring (bicyclic) bond motifs is 1. The number of carbonyl (C=O) groups is 1. The van der Waals surface area contributed by atoms with E-state index in [2.05, 4.69) is 15.2 Å². The van der Waals surface area contributed by atoms with Gasteiger partial charge in [-0.05, 0) is 52.0 Å². The van der Waals surface area contributed by atoms with Gasteiger partial charge in [0, 0.05) is 18.1 Å². The maximum Gasteiger partial charge on any atom is 0.263 e. The van der Waals surface area contributed by atoms with E-state index in [1.807, 2.05) is 27.1 Å². The molecule has 2 aromatic rings. The molecule has 3 N–H and O–H groups in total. The molecule has 2 heterocycles. The number of aromatic nitrogens is 1. The Morgan fingerprint density at radius 1 is 1.43 bits per heavy atom. The Labute approximate surface area is 129 Å². The summed E-state index contributed by atoms with van der Waals surface area (Å²) in [6.07, 6.45) is 3.78. The third-order valence-electron chi connectivity index (χ3n) is 3.36. The Hall–Kier alpha value is -1.66. The molecule has 0 unspecified atom stereocenters. The second kappa shape index (κ2) is 6.87. The first-order valence-corrected chi connectivity index (χ1v) is 7.89. The van der Waals surface area contributed by atoms with Crippen LogP contribution in [-0.2, 0) is 0 Å². The molecule has 6 heteroatoms. The van der Waals surface area contributed by atoms with Gasteiger partial charge < -0.3 is 16.0 Å². The number of unbranched alkanes of at least 4 members (excludes halogenated alkanes) is 1. The average molecular weight is 306 g/mol.